The van der Waals surface area contributed by atoms with Gasteiger partial charge in [0.05, 0.1) is 17.1 Å². The van der Waals surface area contributed by atoms with E-state index in [0.29, 0.717) is 17.9 Å². The number of amides is 1. The molecule has 0 bridgehead atoms. The van der Waals surface area contributed by atoms with Gasteiger partial charge < -0.3 is 15.7 Å². The number of anilines is 1. The first kappa shape index (κ1) is 11.5. The molecule has 0 atom stereocenters. The SMILES string of the molecule is O=C1C=C(Nc2ccc(Cl)c(C(=O)O)c2)CN1. The summed E-state index contributed by atoms with van der Waals surface area (Å²) in [6.45, 7) is 0.407. The van der Waals surface area contributed by atoms with Crippen molar-refractivity contribution in [2.45, 2.75) is 0 Å². The zero-order valence-electron chi connectivity index (χ0n) is 8.66. The van der Waals surface area contributed by atoms with Gasteiger partial charge in [0.25, 0.3) is 0 Å². The molecule has 88 valence electrons. The minimum atomic E-state index is -1.09. The zero-order valence-corrected chi connectivity index (χ0v) is 9.41. The number of hydrogen-bond acceptors (Lipinski definition) is 3. The third-order valence-electron chi connectivity index (χ3n) is 2.26. The molecule has 0 saturated carbocycles. The molecule has 0 spiro atoms. The van der Waals surface area contributed by atoms with Crippen LogP contribution in [0.15, 0.2) is 30.0 Å². The molecule has 0 aromatic heterocycles. The van der Waals surface area contributed by atoms with Crippen LogP contribution in [-0.2, 0) is 4.79 Å². The number of hydrogen-bond donors (Lipinski definition) is 3. The van der Waals surface area contributed by atoms with Gasteiger partial charge in [0.15, 0.2) is 0 Å². The summed E-state index contributed by atoms with van der Waals surface area (Å²) >= 11 is 5.74. The number of carbonyl (C=O) groups is 2. The number of rotatable bonds is 3. The Morgan fingerprint density at radius 3 is 2.82 bits per heavy atom. The van der Waals surface area contributed by atoms with Crippen LogP contribution in [0.5, 0.6) is 0 Å². The molecule has 1 aromatic carbocycles. The van der Waals surface area contributed by atoms with E-state index in [9.17, 15) is 9.59 Å². The molecular formula is C11H9ClN2O3. The Balaban J connectivity index is 2.22. The first-order valence-electron chi connectivity index (χ1n) is 4.84. The second-order valence-electron chi connectivity index (χ2n) is 3.51. The first-order valence-corrected chi connectivity index (χ1v) is 5.22. The molecule has 5 nitrogen and oxygen atoms in total. The predicted molar refractivity (Wildman–Crippen MR) is 63.1 cm³/mol. The molecule has 0 unspecified atom stereocenters. The summed E-state index contributed by atoms with van der Waals surface area (Å²) in [5.41, 5.74) is 1.29. The van der Waals surface area contributed by atoms with E-state index in [-0.39, 0.29) is 16.5 Å². The largest absolute Gasteiger partial charge is 0.478 e. The molecular weight excluding hydrogens is 244 g/mol. The zero-order chi connectivity index (χ0) is 12.4. The Morgan fingerprint density at radius 1 is 1.47 bits per heavy atom. The van der Waals surface area contributed by atoms with Gasteiger partial charge in [-0.15, -0.1) is 0 Å². The summed E-state index contributed by atoms with van der Waals surface area (Å²) in [5.74, 6) is -1.26. The molecule has 1 aromatic rings. The molecule has 1 heterocycles. The van der Waals surface area contributed by atoms with E-state index >= 15 is 0 Å². The number of nitrogens with one attached hydrogen (secondary N) is 2. The summed E-state index contributed by atoms with van der Waals surface area (Å²) in [4.78, 5) is 21.8. The molecule has 3 N–H and O–H groups in total. The van der Waals surface area contributed by atoms with E-state index in [1.165, 1.54) is 18.2 Å². The summed E-state index contributed by atoms with van der Waals surface area (Å²) in [5, 5.41) is 14.6. The average molecular weight is 253 g/mol. The quantitative estimate of drug-likeness (QED) is 0.761. The second kappa shape index (κ2) is 4.47. The molecule has 2 rings (SSSR count). The van der Waals surface area contributed by atoms with Crippen molar-refractivity contribution >= 4 is 29.2 Å². The fourth-order valence-electron chi connectivity index (χ4n) is 1.48. The Bertz CT molecular complexity index is 525. The van der Waals surface area contributed by atoms with Crippen molar-refractivity contribution in [2.75, 3.05) is 11.9 Å². The van der Waals surface area contributed by atoms with Crippen molar-refractivity contribution in [2.24, 2.45) is 0 Å². The van der Waals surface area contributed by atoms with Crippen molar-refractivity contribution in [3.05, 3.63) is 40.6 Å². The van der Waals surface area contributed by atoms with Crippen LogP contribution in [0.1, 0.15) is 10.4 Å². The topological polar surface area (TPSA) is 78.4 Å². The van der Waals surface area contributed by atoms with Gasteiger partial charge in [-0.25, -0.2) is 4.79 Å². The number of aromatic carboxylic acids is 1. The molecule has 1 aliphatic heterocycles. The second-order valence-corrected chi connectivity index (χ2v) is 3.92. The van der Waals surface area contributed by atoms with Crippen molar-refractivity contribution in [3.63, 3.8) is 0 Å². The van der Waals surface area contributed by atoms with E-state index in [1.807, 2.05) is 0 Å². The maximum Gasteiger partial charge on any atom is 0.337 e. The summed E-state index contributed by atoms with van der Waals surface area (Å²) < 4.78 is 0. The van der Waals surface area contributed by atoms with Crippen LogP contribution < -0.4 is 10.6 Å². The Labute approximate surface area is 102 Å². The summed E-state index contributed by atoms with van der Waals surface area (Å²) in [7, 11) is 0. The Kier molecular flexibility index (Phi) is 3.01. The minimum Gasteiger partial charge on any atom is -0.478 e. The van der Waals surface area contributed by atoms with Crippen LogP contribution in [0.2, 0.25) is 5.02 Å². The van der Waals surface area contributed by atoms with E-state index in [0.717, 1.165) is 0 Å². The lowest BCUT2D eigenvalue weighted by Crippen LogP contribution is -2.16. The van der Waals surface area contributed by atoms with Crippen molar-refractivity contribution < 1.29 is 14.7 Å². The highest BCUT2D eigenvalue weighted by atomic mass is 35.5. The van der Waals surface area contributed by atoms with Crippen molar-refractivity contribution in [1.82, 2.24) is 5.32 Å². The first-order chi connectivity index (χ1) is 8.06. The van der Waals surface area contributed by atoms with Crippen LogP contribution in [0.25, 0.3) is 0 Å². The van der Waals surface area contributed by atoms with Crippen molar-refractivity contribution in [1.29, 1.82) is 0 Å². The van der Waals surface area contributed by atoms with Crippen LogP contribution in [0, 0.1) is 0 Å². The van der Waals surface area contributed by atoms with E-state index < -0.39 is 5.97 Å². The van der Waals surface area contributed by atoms with Crippen LogP contribution in [0.3, 0.4) is 0 Å². The highest BCUT2D eigenvalue weighted by Crippen LogP contribution is 2.21. The fourth-order valence-corrected chi connectivity index (χ4v) is 1.67. The minimum absolute atomic E-state index is 0.0227. The van der Waals surface area contributed by atoms with Gasteiger partial charge in [-0.1, -0.05) is 11.6 Å². The van der Waals surface area contributed by atoms with Gasteiger partial charge in [0.2, 0.25) is 5.91 Å². The van der Waals surface area contributed by atoms with Gasteiger partial charge in [0, 0.05) is 17.5 Å². The van der Waals surface area contributed by atoms with Crippen molar-refractivity contribution in [3.8, 4) is 0 Å². The molecule has 1 aliphatic rings. The van der Waals surface area contributed by atoms with Crippen LogP contribution in [0.4, 0.5) is 5.69 Å². The molecule has 17 heavy (non-hydrogen) atoms. The Morgan fingerprint density at radius 2 is 2.24 bits per heavy atom. The predicted octanol–water partition coefficient (Wildman–Crippen LogP) is 1.46. The maximum absolute atomic E-state index is 10.9. The third kappa shape index (κ3) is 2.57. The van der Waals surface area contributed by atoms with E-state index in [2.05, 4.69) is 10.6 Å². The lowest BCUT2D eigenvalue weighted by molar-refractivity contribution is -0.115. The number of carboxylic acids is 1. The summed E-state index contributed by atoms with van der Waals surface area (Å²) in [6, 6.07) is 4.57. The van der Waals surface area contributed by atoms with E-state index in [4.69, 9.17) is 16.7 Å². The fraction of sp³-hybridized carbons (Fsp3) is 0.0909. The lowest BCUT2D eigenvalue weighted by atomic mass is 10.2. The van der Waals surface area contributed by atoms with Crippen LogP contribution in [-0.4, -0.2) is 23.5 Å². The van der Waals surface area contributed by atoms with Gasteiger partial charge in [-0.05, 0) is 18.2 Å². The lowest BCUT2D eigenvalue weighted by Gasteiger charge is -2.08. The van der Waals surface area contributed by atoms with Gasteiger partial charge >= 0.3 is 5.97 Å². The Hall–Kier alpha value is -2.01. The smallest absolute Gasteiger partial charge is 0.337 e. The summed E-state index contributed by atoms with van der Waals surface area (Å²) in [6.07, 6.45) is 1.43. The highest BCUT2D eigenvalue weighted by molar-refractivity contribution is 6.33. The molecule has 6 heteroatoms. The van der Waals surface area contributed by atoms with Gasteiger partial charge in [0.1, 0.15) is 0 Å². The number of carbonyl (C=O) groups excluding carboxylic acids is 1. The number of carboxylic acid groups (broad SMARTS) is 1. The number of halogens is 1. The molecule has 0 aliphatic carbocycles. The van der Waals surface area contributed by atoms with E-state index in [1.54, 1.807) is 6.07 Å². The normalized spacial score (nSPS) is 14.2. The standard InChI is InChI=1S/C11H9ClN2O3/c12-9-2-1-6(3-8(9)11(16)17)14-7-4-10(15)13-5-7/h1-4,14H,5H2,(H,13,15)(H,16,17). The molecule has 0 radical (unpaired) electrons. The van der Waals surface area contributed by atoms with Gasteiger partial charge in [-0.2, -0.15) is 0 Å². The molecule has 0 saturated heterocycles. The molecule has 1 amide bonds. The average Bonchev–Trinajstić information content (AvgIpc) is 2.66. The van der Waals surface area contributed by atoms with Crippen LogP contribution >= 0.6 is 11.6 Å². The maximum atomic E-state index is 10.9. The molecule has 0 fully saturated rings. The highest BCUT2D eigenvalue weighted by Gasteiger charge is 2.13. The number of benzene rings is 1. The van der Waals surface area contributed by atoms with Gasteiger partial charge in [-0.3, -0.25) is 4.79 Å². The monoisotopic (exact) mass is 252 g/mol. The third-order valence-corrected chi connectivity index (χ3v) is 2.59.